The topological polar surface area (TPSA) is 80.3 Å². The Labute approximate surface area is 313 Å². The molecule has 3 atom stereocenters. The Bertz CT molecular complexity index is 1930. The van der Waals surface area contributed by atoms with Crippen LogP contribution in [0.3, 0.4) is 0 Å². The summed E-state index contributed by atoms with van der Waals surface area (Å²) in [6.07, 6.45) is 3.07. The van der Waals surface area contributed by atoms with E-state index in [9.17, 15) is 0 Å². The number of rotatable bonds is 9. The van der Waals surface area contributed by atoms with Crippen molar-refractivity contribution in [2.75, 3.05) is 69.3 Å². The molecule has 0 saturated heterocycles. The second-order valence-corrected chi connectivity index (χ2v) is 14.3. The zero-order valence-corrected chi connectivity index (χ0v) is 32.2. The molecule has 4 heterocycles. The Balaban J connectivity index is 1.48. The van der Waals surface area contributed by atoms with E-state index in [0.29, 0.717) is 59.9 Å². The first kappa shape index (κ1) is 36.9. The predicted octanol–water partition coefficient (Wildman–Crippen LogP) is 7.71. The van der Waals surface area contributed by atoms with Crippen molar-refractivity contribution in [3.63, 3.8) is 0 Å². The fourth-order valence-corrected chi connectivity index (χ4v) is 8.17. The summed E-state index contributed by atoms with van der Waals surface area (Å²) in [5, 5.41) is 0. The first-order valence-corrected chi connectivity index (χ1v) is 18.4. The van der Waals surface area contributed by atoms with E-state index in [1.165, 1.54) is 16.7 Å². The van der Waals surface area contributed by atoms with Crippen LogP contribution in [0.5, 0.6) is 46.0 Å². The van der Waals surface area contributed by atoms with Crippen LogP contribution in [0.4, 0.5) is 0 Å². The zero-order valence-electron chi connectivity index (χ0n) is 32.2. The quantitative estimate of drug-likeness (QED) is 0.171. The first-order chi connectivity index (χ1) is 25.8. The van der Waals surface area contributed by atoms with Crippen molar-refractivity contribution in [3.8, 4) is 46.0 Å². The number of fused-ring (bicyclic) bond motifs is 2. The van der Waals surface area contributed by atoms with Gasteiger partial charge in [0, 0.05) is 43.4 Å². The molecule has 4 aliphatic heterocycles. The van der Waals surface area contributed by atoms with Crippen molar-refractivity contribution >= 4 is 0 Å². The van der Waals surface area contributed by atoms with Gasteiger partial charge in [0.1, 0.15) is 5.75 Å². The van der Waals surface area contributed by atoms with E-state index >= 15 is 0 Å². The van der Waals surface area contributed by atoms with Crippen molar-refractivity contribution in [1.29, 1.82) is 0 Å². The summed E-state index contributed by atoms with van der Waals surface area (Å²) >= 11 is 0. The van der Waals surface area contributed by atoms with Gasteiger partial charge in [-0.15, -0.1) is 0 Å². The van der Waals surface area contributed by atoms with Crippen molar-refractivity contribution in [2.45, 2.75) is 57.4 Å². The van der Waals surface area contributed by atoms with E-state index in [0.717, 1.165) is 60.4 Å². The van der Waals surface area contributed by atoms with Gasteiger partial charge in [-0.05, 0) is 111 Å². The SMILES string of the molecule is COCC(C)OCc1c2c3c(c(OC)c1OC)Oc1cc4c(cc1OC)CCN(C)C4Cc1ccc(cc1)Oc1cc(ccc1OC)CC3N(C)CC2. The van der Waals surface area contributed by atoms with Crippen LogP contribution in [0, 0.1) is 0 Å². The molecule has 4 aromatic rings. The Morgan fingerprint density at radius 2 is 1.40 bits per heavy atom. The van der Waals surface area contributed by atoms with Gasteiger partial charge in [0.05, 0.1) is 47.8 Å². The Morgan fingerprint density at radius 1 is 0.717 bits per heavy atom. The van der Waals surface area contributed by atoms with E-state index in [2.05, 4.69) is 60.3 Å². The summed E-state index contributed by atoms with van der Waals surface area (Å²) in [6, 6.07) is 18.9. The summed E-state index contributed by atoms with van der Waals surface area (Å²) < 4.78 is 49.7. The number of benzene rings is 4. The number of likely N-dealkylation sites (N-methyl/N-ethyl adjacent to an activating group) is 2. The molecule has 0 aliphatic carbocycles. The number of ether oxygens (including phenoxy) is 8. The van der Waals surface area contributed by atoms with Crippen molar-refractivity contribution in [3.05, 3.63) is 93.5 Å². The largest absolute Gasteiger partial charge is 0.493 e. The Hall–Kier alpha value is -4.48. The average Bonchev–Trinajstić information content (AvgIpc) is 3.16. The molecule has 0 N–H and O–H groups in total. The summed E-state index contributed by atoms with van der Waals surface area (Å²) in [6.45, 7) is 4.59. The van der Waals surface area contributed by atoms with Gasteiger partial charge >= 0.3 is 0 Å². The fraction of sp³-hybridized carbons (Fsp3) is 0.442. The molecule has 0 radical (unpaired) electrons. The minimum atomic E-state index is -0.115. The highest BCUT2D eigenvalue weighted by Crippen LogP contribution is 2.54. The molecule has 4 aromatic carbocycles. The van der Waals surface area contributed by atoms with Gasteiger partial charge in [0.25, 0.3) is 0 Å². The summed E-state index contributed by atoms with van der Waals surface area (Å²) in [5.41, 5.74) is 7.92. The maximum absolute atomic E-state index is 7.19. The number of nitrogens with zero attached hydrogens (tertiary/aromatic N) is 2. The minimum Gasteiger partial charge on any atom is -0.493 e. The maximum Gasteiger partial charge on any atom is 0.204 e. The molecular weight excluding hydrogens is 672 g/mol. The van der Waals surface area contributed by atoms with E-state index < -0.39 is 0 Å². The van der Waals surface area contributed by atoms with Gasteiger partial charge in [-0.2, -0.15) is 0 Å². The van der Waals surface area contributed by atoms with Gasteiger partial charge in [-0.1, -0.05) is 18.2 Å². The third kappa shape index (κ3) is 7.25. The van der Waals surface area contributed by atoms with Crippen LogP contribution in [0.25, 0.3) is 0 Å². The number of hydrogen-bond donors (Lipinski definition) is 0. The van der Waals surface area contributed by atoms with E-state index in [-0.39, 0.29) is 18.2 Å². The summed E-state index contributed by atoms with van der Waals surface area (Å²) in [4.78, 5) is 4.81. The Morgan fingerprint density at radius 3 is 2.11 bits per heavy atom. The average molecular weight is 725 g/mol. The van der Waals surface area contributed by atoms with Gasteiger partial charge in [0.2, 0.25) is 5.75 Å². The Kier molecular flexibility index (Phi) is 11.0. The van der Waals surface area contributed by atoms with Crippen LogP contribution in [0.1, 0.15) is 58.0 Å². The second-order valence-electron chi connectivity index (χ2n) is 14.3. The lowest BCUT2D eigenvalue weighted by molar-refractivity contribution is -0.00130. The van der Waals surface area contributed by atoms with Gasteiger partial charge in [-0.3, -0.25) is 9.80 Å². The maximum atomic E-state index is 7.19. The monoisotopic (exact) mass is 724 g/mol. The normalized spacial score (nSPS) is 18.9. The van der Waals surface area contributed by atoms with Crippen LogP contribution >= 0.6 is 0 Å². The highest BCUT2D eigenvalue weighted by atomic mass is 16.6. The molecule has 0 fully saturated rings. The molecule has 0 aromatic heterocycles. The van der Waals surface area contributed by atoms with E-state index in [1.54, 1.807) is 35.5 Å². The predicted molar refractivity (Wildman–Crippen MR) is 204 cm³/mol. The lowest BCUT2D eigenvalue weighted by Crippen LogP contribution is -2.35. The van der Waals surface area contributed by atoms with E-state index in [4.69, 9.17) is 37.9 Å². The van der Waals surface area contributed by atoms with Gasteiger partial charge < -0.3 is 37.9 Å². The third-order valence-electron chi connectivity index (χ3n) is 11.0. The highest BCUT2D eigenvalue weighted by molar-refractivity contribution is 5.67. The van der Waals surface area contributed by atoms with Gasteiger partial charge in [0.15, 0.2) is 34.5 Å². The zero-order chi connectivity index (χ0) is 37.2. The summed E-state index contributed by atoms with van der Waals surface area (Å²) in [7, 11) is 12.8. The minimum absolute atomic E-state index is 0.0920. The first-order valence-electron chi connectivity index (χ1n) is 18.4. The van der Waals surface area contributed by atoms with Crippen LogP contribution in [-0.4, -0.2) is 85.2 Å². The molecule has 3 unspecified atom stereocenters. The van der Waals surface area contributed by atoms with Crippen LogP contribution < -0.4 is 28.4 Å². The van der Waals surface area contributed by atoms with Crippen LogP contribution in [0.15, 0.2) is 54.6 Å². The molecule has 53 heavy (non-hydrogen) atoms. The van der Waals surface area contributed by atoms with Crippen molar-refractivity contribution < 1.29 is 37.9 Å². The molecule has 0 saturated carbocycles. The fourth-order valence-electron chi connectivity index (χ4n) is 8.17. The number of methoxy groups -OCH3 is 5. The molecule has 10 nitrogen and oxygen atoms in total. The molecule has 4 aliphatic rings. The lowest BCUT2D eigenvalue weighted by Gasteiger charge is -2.38. The number of hydrogen-bond acceptors (Lipinski definition) is 10. The van der Waals surface area contributed by atoms with Crippen molar-refractivity contribution in [1.82, 2.24) is 9.80 Å². The smallest absolute Gasteiger partial charge is 0.204 e. The molecule has 8 rings (SSSR count). The lowest BCUT2D eigenvalue weighted by atomic mass is 9.84. The molecule has 0 spiro atoms. The summed E-state index contributed by atoms with van der Waals surface area (Å²) in [5.74, 6) is 5.15. The molecular formula is C43H52N2O8. The molecule has 282 valence electrons. The van der Waals surface area contributed by atoms with E-state index in [1.807, 2.05) is 25.1 Å². The molecule has 0 amide bonds. The highest BCUT2D eigenvalue weighted by Gasteiger charge is 2.37. The second kappa shape index (κ2) is 15.9. The van der Waals surface area contributed by atoms with Crippen molar-refractivity contribution in [2.24, 2.45) is 0 Å². The van der Waals surface area contributed by atoms with Crippen LogP contribution in [0.2, 0.25) is 0 Å². The molecule has 6 bridgehead atoms. The van der Waals surface area contributed by atoms with Gasteiger partial charge in [-0.25, -0.2) is 0 Å². The molecule has 10 heteroatoms. The third-order valence-corrected chi connectivity index (χ3v) is 11.0. The standard InChI is InChI=1S/C43H52N2O8/c1-26(24-46-4)51-25-33-31-16-18-45(3)35-20-28-11-14-36(47-5)38(21-28)52-30-12-9-27(10-13-30)19-34-32-23-39(37(48-6)22-29(32)15-17-44(34)2)53-42(40(31)35)43(50-8)41(33)49-7/h9-14,21-23,26,34-35H,15-20,24-25H2,1-8H3. The van der Waals surface area contributed by atoms with Crippen LogP contribution in [-0.2, 0) is 41.8 Å².